The Balaban J connectivity index is 0.991. The summed E-state index contributed by atoms with van der Waals surface area (Å²) in [5.41, 5.74) is 16.1. The van der Waals surface area contributed by atoms with Gasteiger partial charge < -0.3 is 4.90 Å². The normalized spacial score (nSPS) is 12.7. The Morgan fingerprint density at radius 2 is 0.809 bits per heavy atom. The molecule has 12 aromatic rings. The standard InChI is InChI=1S/C66H44N2/c1-66(2)61-39-47(30-35-53(61)54-37-34-49(40-62(54)66)68(48-32-28-42(41-67)29-33-48)63-27-13-19-45-16-5-8-22-52(45)63)46-31-36-59-60(38-46)65(56-26-12-18-44-15-4-7-21-51(44)56)58-24-10-9-23-57(58)64(59)55-25-11-17-43-14-3-6-20-50(43)55/h3-40H,1-2H3. The fourth-order valence-electron chi connectivity index (χ4n) is 11.4. The van der Waals surface area contributed by atoms with E-state index in [1.807, 2.05) is 12.1 Å². The van der Waals surface area contributed by atoms with Crippen LogP contribution >= 0.6 is 0 Å². The first-order valence-corrected chi connectivity index (χ1v) is 23.5. The SMILES string of the molecule is CC1(C)c2cc(-c3ccc4c(-c5cccc6ccccc56)c5ccccc5c(-c5cccc6ccccc56)c4c3)ccc2-c2ccc(N(c3ccc(C#N)cc3)c3cccc4ccccc34)cc21. The average Bonchev–Trinajstić information content (AvgIpc) is 3.62. The minimum atomic E-state index is -0.283. The summed E-state index contributed by atoms with van der Waals surface area (Å²) in [6, 6.07) is 86.6. The Bertz CT molecular complexity index is 4060. The van der Waals surface area contributed by atoms with E-state index in [-0.39, 0.29) is 5.41 Å². The van der Waals surface area contributed by atoms with E-state index in [2.05, 4.69) is 243 Å². The molecule has 0 aromatic heterocycles. The van der Waals surface area contributed by atoms with Crippen LogP contribution in [0.4, 0.5) is 17.1 Å². The maximum atomic E-state index is 9.69. The van der Waals surface area contributed by atoms with E-state index >= 15 is 0 Å². The maximum Gasteiger partial charge on any atom is 0.0991 e. The van der Waals surface area contributed by atoms with Crippen molar-refractivity contribution in [2.75, 3.05) is 4.90 Å². The Labute approximate surface area is 396 Å². The lowest BCUT2D eigenvalue weighted by Crippen LogP contribution is -2.17. The first kappa shape index (κ1) is 39.6. The number of hydrogen-bond acceptors (Lipinski definition) is 2. The second kappa shape index (κ2) is 15.4. The van der Waals surface area contributed by atoms with Crippen molar-refractivity contribution in [1.82, 2.24) is 0 Å². The van der Waals surface area contributed by atoms with Crippen LogP contribution in [0.1, 0.15) is 30.5 Å². The van der Waals surface area contributed by atoms with Crippen molar-refractivity contribution in [3.63, 3.8) is 0 Å². The molecule has 0 spiro atoms. The third-order valence-electron chi connectivity index (χ3n) is 14.7. The Kier molecular flexibility index (Phi) is 8.97. The maximum absolute atomic E-state index is 9.69. The van der Waals surface area contributed by atoms with E-state index in [4.69, 9.17) is 0 Å². The minimum absolute atomic E-state index is 0.283. The van der Waals surface area contributed by atoms with Gasteiger partial charge in [-0.05, 0) is 159 Å². The summed E-state index contributed by atoms with van der Waals surface area (Å²) in [5, 5.41) is 22.0. The number of nitriles is 1. The number of nitrogens with zero attached hydrogens (tertiary/aromatic N) is 2. The molecule has 0 heterocycles. The molecule has 0 bridgehead atoms. The van der Waals surface area contributed by atoms with Gasteiger partial charge in [0.05, 0.1) is 17.3 Å². The van der Waals surface area contributed by atoms with Gasteiger partial charge in [0, 0.05) is 22.2 Å². The second-order valence-corrected chi connectivity index (χ2v) is 18.7. The van der Waals surface area contributed by atoms with Crippen LogP contribution in [0.3, 0.4) is 0 Å². The molecular formula is C66H44N2. The lowest BCUT2D eigenvalue weighted by atomic mass is 9.80. The third kappa shape index (κ3) is 6.10. The quantitative estimate of drug-likeness (QED) is 0.156. The topological polar surface area (TPSA) is 27.0 Å². The van der Waals surface area contributed by atoms with Crippen molar-refractivity contribution >= 4 is 70.9 Å². The predicted molar refractivity (Wildman–Crippen MR) is 287 cm³/mol. The average molecular weight is 865 g/mol. The second-order valence-electron chi connectivity index (χ2n) is 18.7. The Morgan fingerprint density at radius 1 is 0.353 bits per heavy atom. The van der Waals surface area contributed by atoms with E-state index in [0.717, 1.165) is 17.1 Å². The highest BCUT2D eigenvalue weighted by Gasteiger charge is 2.36. The molecule has 1 aliphatic rings. The molecule has 0 fully saturated rings. The van der Waals surface area contributed by atoms with E-state index < -0.39 is 0 Å². The van der Waals surface area contributed by atoms with Crippen molar-refractivity contribution in [1.29, 1.82) is 5.26 Å². The molecule has 2 nitrogen and oxygen atoms in total. The molecule has 1 aliphatic carbocycles. The van der Waals surface area contributed by atoms with Gasteiger partial charge in [-0.2, -0.15) is 5.26 Å². The highest BCUT2D eigenvalue weighted by Crippen LogP contribution is 2.53. The molecule has 0 radical (unpaired) electrons. The van der Waals surface area contributed by atoms with Crippen LogP contribution in [0.15, 0.2) is 231 Å². The highest BCUT2D eigenvalue weighted by molar-refractivity contribution is 6.25. The lowest BCUT2D eigenvalue weighted by molar-refractivity contribution is 0.660. The fourth-order valence-corrected chi connectivity index (χ4v) is 11.4. The summed E-state index contributed by atoms with van der Waals surface area (Å²) >= 11 is 0. The summed E-state index contributed by atoms with van der Waals surface area (Å²) in [7, 11) is 0. The molecular weight excluding hydrogens is 821 g/mol. The van der Waals surface area contributed by atoms with Crippen molar-refractivity contribution in [3.05, 3.63) is 247 Å². The van der Waals surface area contributed by atoms with Crippen molar-refractivity contribution in [2.24, 2.45) is 0 Å². The number of hydrogen-bond donors (Lipinski definition) is 0. The van der Waals surface area contributed by atoms with Crippen molar-refractivity contribution in [3.8, 4) is 50.6 Å². The smallest absolute Gasteiger partial charge is 0.0991 e. The van der Waals surface area contributed by atoms with E-state index in [1.54, 1.807) is 0 Å². The molecule has 0 unspecified atom stereocenters. The van der Waals surface area contributed by atoms with Gasteiger partial charge in [0.1, 0.15) is 0 Å². The molecule has 2 heteroatoms. The summed E-state index contributed by atoms with van der Waals surface area (Å²) in [6.07, 6.45) is 0. The molecule has 0 saturated carbocycles. The Morgan fingerprint density at radius 3 is 1.44 bits per heavy atom. The van der Waals surface area contributed by atoms with Crippen LogP contribution in [-0.4, -0.2) is 0 Å². The molecule has 0 saturated heterocycles. The number of anilines is 3. The first-order valence-electron chi connectivity index (χ1n) is 23.5. The monoisotopic (exact) mass is 864 g/mol. The summed E-state index contributed by atoms with van der Waals surface area (Å²) in [6.45, 7) is 4.74. The van der Waals surface area contributed by atoms with Crippen LogP contribution in [0, 0.1) is 11.3 Å². The van der Waals surface area contributed by atoms with Crippen LogP contribution in [0.5, 0.6) is 0 Å². The molecule has 318 valence electrons. The molecule has 68 heavy (non-hydrogen) atoms. The van der Waals surface area contributed by atoms with E-state index in [9.17, 15) is 5.26 Å². The number of benzene rings is 12. The minimum Gasteiger partial charge on any atom is -0.310 e. The van der Waals surface area contributed by atoms with Gasteiger partial charge >= 0.3 is 0 Å². The predicted octanol–water partition coefficient (Wildman–Crippen LogP) is 18.1. The molecule has 13 rings (SSSR count). The summed E-state index contributed by atoms with van der Waals surface area (Å²) < 4.78 is 0. The zero-order chi connectivity index (χ0) is 45.5. The van der Waals surface area contributed by atoms with Gasteiger partial charge in [-0.3, -0.25) is 0 Å². The largest absolute Gasteiger partial charge is 0.310 e. The van der Waals surface area contributed by atoms with Gasteiger partial charge in [-0.1, -0.05) is 190 Å². The molecule has 0 aliphatic heterocycles. The zero-order valence-corrected chi connectivity index (χ0v) is 37.8. The van der Waals surface area contributed by atoms with Gasteiger partial charge in [-0.25, -0.2) is 0 Å². The van der Waals surface area contributed by atoms with Crippen molar-refractivity contribution < 1.29 is 0 Å². The van der Waals surface area contributed by atoms with Crippen LogP contribution in [0.25, 0.3) is 98.4 Å². The highest BCUT2D eigenvalue weighted by atomic mass is 15.1. The first-order chi connectivity index (χ1) is 33.4. The van der Waals surface area contributed by atoms with Crippen LogP contribution in [0.2, 0.25) is 0 Å². The van der Waals surface area contributed by atoms with Crippen LogP contribution in [-0.2, 0) is 5.41 Å². The molecule has 0 N–H and O–H groups in total. The lowest BCUT2D eigenvalue weighted by Gasteiger charge is -2.29. The molecule has 0 atom stereocenters. The van der Waals surface area contributed by atoms with E-state index in [1.165, 1.54) is 109 Å². The van der Waals surface area contributed by atoms with Gasteiger partial charge in [0.15, 0.2) is 0 Å². The Hall–Kier alpha value is -8.77. The molecule has 0 amide bonds. The third-order valence-corrected chi connectivity index (χ3v) is 14.7. The summed E-state index contributed by atoms with van der Waals surface area (Å²) in [4.78, 5) is 2.34. The number of fused-ring (bicyclic) bond motifs is 8. The molecule has 12 aromatic carbocycles. The fraction of sp³-hybridized carbons (Fsp3) is 0.0455. The van der Waals surface area contributed by atoms with Gasteiger partial charge in [-0.15, -0.1) is 0 Å². The van der Waals surface area contributed by atoms with Gasteiger partial charge in [0.2, 0.25) is 0 Å². The number of rotatable bonds is 6. The van der Waals surface area contributed by atoms with Crippen molar-refractivity contribution in [2.45, 2.75) is 19.3 Å². The summed E-state index contributed by atoms with van der Waals surface area (Å²) in [5.74, 6) is 0. The zero-order valence-electron chi connectivity index (χ0n) is 37.8. The van der Waals surface area contributed by atoms with Crippen LogP contribution < -0.4 is 4.90 Å². The van der Waals surface area contributed by atoms with Gasteiger partial charge in [0.25, 0.3) is 0 Å². The van der Waals surface area contributed by atoms with E-state index in [0.29, 0.717) is 5.56 Å².